The van der Waals surface area contributed by atoms with E-state index in [9.17, 15) is 9.90 Å². The second-order valence-corrected chi connectivity index (χ2v) is 5.34. The summed E-state index contributed by atoms with van der Waals surface area (Å²) in [4.78, 5) is 12.7. The van der Waals surface area contributed by atoms with Gasteiger partial charge in [0.05, 0.1) is 5.56 Å². The van der Waals surface area contributed by atoms with Crippen molar-refractivity contribution in [3.8, 4) is 5.75 Å². The maximum Gasteiger partial charge on any atom is 0.198 e. The van der Waals surface area contributed by atoms with Gasteiger partial charge in [-0.1, -0.05) is 58.4 Å². The van der Waals surface area contributed by atoms with Gasteiger partial charge in [0, 0.05) is 10.0 Å². The van der Waals surface area contributed by atoms with Crippen molar-refractivity contribution in [2.75, 3.05) is 0 Å². The standard InChI is InChI=1S/C17H11BrO2/c18-14-8-4-3-7-13(14)17(20)16-12-6-2-1-5-11(12)9-10-15(16)19/h1-10,19H. The molecule has 0 amide bonds. The number of rotatable bonds is 2. The quantitative estimate of drug-likeness (QED) is 0.702. The Morgan fingerprint density at radius 1 is 0.900 bits per heavy atom. The summed E-state index contributed by atoms with van der Waals surface area (Å²) in [5.41, 5.74) is 0.883. The Kier molecular flexibility index (Phi) is 3.28. The highest BCUT2D eigenvalue weighted by molar-refractivity contribution is 9.10. The van der Waals surface area contributed by atoms with Crippen molar-refractivity contribution in [2.24, 2.45) is 0 Å². The molecule has 0 radical (unpaired) electrons. The van der Waals surface area contributed by atoms with Crippen LogP contribution in [0.1, 0.15) is 15.9 Å². The Morgan fingerprint density at radius 2 is 1.60 bits per heavy atom. The van der Waals surface area contributed by atoms with Crippen molar-refractivity contribution in [3.63, 3.8) is 0 Å². The van der Waals surface area contributed by atoms with Crippen molar-refractivity contribution in [1.82, 2.24) is 0 Å². The van der Waals surface area contributed by atoms with Gasteiger partial charge in [-0.15, -0.1) is 0 Å². The number of fused-ring (bicyclic) bond motifs is 1. The van der Waals surface area contributed by atoms with Gasteiger partial charge in [-0.05, 0) is 29.0 Å². The summed E-state index contributed by atoms with van der Waals surface area (Å²) in [6.45, 7) is 0. The van der Waals surface area contributed by atoms with E-state index in [2.05, 4.69) is 15.9 Å². The molecule has 0 aliphatic heterocycles. The van der Waals surface area contributed by atoms with Crippen LogP contribution in [0.25, 0.3) is 10.8 Å². The van der Waals surface area contributed by atoms with Gasteiger partial charge in [-0.2, -0.15) is 0 Å². The predicted molar refractivity (Wildman–Crippen MR) is 83.2 cm³/mol. The first-order valence-corrected chi connectivity index (χ1v) is 6.98. The van der Waals surface area contributed by atoms with E-state index in [1.54, 1.807) is 18.2 Å². The Balaban J connectivity index is 2.27. The third-order valence-corrected chi connectivity index (χ3v) is 3.94. The number of ketones is 1. The maximum atomic E-state index is 12.7. The molecule has 20 heavy (non-hydrogen) atoms. The first kappa shape index (κ1) is 12.9. The average Bonchev–Trinajstić information content (AvgIpc) is 2.47. The molecule has 0 saturated heterocycles. The molecule has 1 N–H and O–H groups in total. The zero-order chi connectivity index (χ0) is 14.1. The van der Waals surface area contributed by atoms with Crippen LogP contribution in [0.3, 0.4) is 0 Å². The lowest BCUT2D eigenvalue weighted by molar-refractivity contribution is 0.103. The summed E-state index contributed by atoms with van der Waals surface area (Å²) in [5, 5.41) is 11.8. The highest BCUT2D eigenvalue weighted by Gasteiger charge is 2.18. The predicted octanol–water partition coefficient (Wildman–Crippen LogP) is 4.54. The second-order valence-electron chi connectivity index (χ2n) is 4.49. The minimum atomic E-state index is -0.188. The van der Waals surface area contributed by atoms with Crippen LogP contribution >= 0.6 is 15.9 Å². The Hall–Kier alpha value is -2.13. The number of phenolic OH excluding ortho intramolecular Hbond substituents is 1. The minimum Gasteiger partial charge on any atom is -0.507 e. The highest BCUT2D eigenvalue weighted by Crippen LogP contribution is 2.31. The van der Waals surface area contributed by atoms with E-state index in [1.165, 1.54) is 0 Å². The molecular formula is C17H11BrO2. The third kappa shape index (κ3) is 2.10. The molecule has 0 unspecified atom stereocenters. The highest BCUT2D eigenvalue weighted by atomic mass is 79.9. The summed E-state index contributed by atoms with van der Waals surface area (Å²) in [6, 6.07) is 18.1. The van der Waals surface area contributed by atoms with Gasteiger partial charge < -0.3 is 5.11 Å². The van der Waals surface area contributed by atoms with E-state index < -0.39 is 0 Å². The van der Waals surface area contributed by atoms with E-state index in [4.69, 9.17) is 0 Å². The maximum absolute atomic E-state index is 12.7. The van der Waals surface area contributed by atoms with E-state index in [1.807, 2.05) is 42.5 Å². The number of halogens is 1. The Labute approximate surface area is 124 Å². The van der Waals surface area contributed by atoms with Gasteiger partial charge in [0.2, 0.25) is 0 Å². The fourth-order valence-electron chi connectivity index (χ4n) is 2.28. The van der Waals surface area contributed by atoms with Crippen molar-refractivity contribution >= 4 is 32.5 Å². The van der Waals surface area contributed by atoms with Crippen molar-refractivity contribution in [2.45, 2.75) is 0 Å². The molecule has 3 rings (SSSR count). The zero-order valence-corrected chi connectivity index (χ0v) is 12.1. The van der Waals surface area contributed by atoms with Crippen molar-refractivity contribution in [3.05, 3.63) is 76.3 Å². The first-order chi connectivity index (χ1) is 9.68. The molecule has 2 nitrogen and oxygen atoms in total. The van der Waals surface area contributed by atoms with Gasteiger partial charge in [0.1, 0.15) is 5.75 Å². The Morgan fingerprint density at radius 3 is 2.40 bits per heavy atom. The van der Waals surface area contributed by atoms with Crippen molar-refractivity contribution < 1.29 is 9.90 Å². The molecule has 3 heteroatoms. The summed E-state index contributed by atoms with van der Waals surface area (Å²) < 4.78 is 0.720. The molecule has 0 fully saturated rings. The second kappa shape index (κ2) is 5.10. The largest absolute Gasteiger partial charge is 0.507 e. The molecule has 0 aliphatic rings. The number of aromatic hydroxyl groups is 1. The van der Waals surface area contributed by atoms with Crippen LogP contribution in [-0.2, 0) is 0 Å². The molecule has 0 heterocycles. The average molecular weight is 327 g/mol. The van der Waals surface area contributed by atoms with Crippen LogP contribution in [0.4, 0.5) is 0 Å². The summed E-state index contributed by atoms with van der Waals surface area (Å²) in [7, 11) is 0. The lowest BCUT2D eigenvalue weighted by atomic mass is 9.96. The van der Waals surface area contributed by atoms with Crippen LogP contribution < -0.4 is 0 Å². The molecule has 0 saturated carbocycles. The zero-order valence-electron chi connectivity index (χ0n) is 10.5. The summed E-state index contributed by atoms with van der Waals surface area (Å²) >= 11 is 3.38. The SMILES string of the molecule is O=C(c1ccccc1Br)c1c(O)ccc2ccccc12. The third-order valence-electron chi connectivity index (χ3n) is 3.25. The molecule has 0 aromatic heterocycles. The summed E-state index contributed by atoms with van der Waals surface area (Å²) in [6.07, 6.45) is 0. The van der Waals surface area contributed by atoms with Crippen LogP contribution in [0, 0.1) is 0 Å². The number of hydrogen-bond acceptors (Lipinski definition) is 2. The molecule has 0 aliphatic carbocycles. The van der Waals surface area contributed by atoms with Gasteiger partial charge in [0.15, 0.2) is 5.78 Å². The Bertz CT molecular complexity index is 809. The van der Waals surface area contributed by atoms with Crippen LogP contribution in [-0.4, -0.2) is 10.9 Å². The van der Waals surface area contributed by atoms with E-state index >= 15 is 0 Å². The molecular weight excluding hydrogens is 316 g/mol. The van der Waals surface area contributed by atoms with E-state index in [0.29, 0.717) is 11.1 Å². The fourth-order valence-corrected chi connectivity index (χ4v) is 2.74. The number of hydrogen-bond donors (Lipinski definition) is 1. The number of carbonyl (C=O) groups is 1. The molecule has 0 atom stereocenters. The van der Waals surface area contributed by atoms with Crippen LogP contribution in [0.5, 0.6) is 5.75 Å². The number of benzene rings is 3. The van der Waals surface area contributed by atoms with Crippen LogP contribution in [0.2, 0.25) is 0 Å². The fraction of sp³-hybridized carbons (Fsp3) is 0. The van der Waals surface area contributed by atoms with Gasteiger partial charge in [-0.25, -0.2) is 0 Å². The van der Waals surface area contributed by atoms with Gasteiger partial charge >= 0.3 is 0 Å². The topological polar surface area (TPSA) is 37.3 Å². The van der Waals surface area contributed by atoms with E-state index in [-0.39, 0.29) is 11.5 Å². The van der Waals surface area contributed by atoms with Gasteiger partial charge in [0.25, 0.3) is 0 Å². The smallest absolute Gasteiger partial charge is 0.198 e. The molecule has 3 aromatic rings. The van der Waals surface area contributed by atoms with Crippen LogP contribution in [0.15, 0.2) is 65.1 Å². The monoisotopic (exact) mass is 326 g/mol. The lowest BCUT2D eigenvalue weighted by Crippen LogP contribution is -2.03. The normalized spacial score (nSPS) is 10.7. The number of phenols is 1. The first-order valence-electron chi connectivity index (χ1n) is 6.18. The molecule has 0 spiro atoms. The number of carbonyl (C=O) groups excluding carboxylic acids is 1. The minimum absolute atomic E-state index is 0.00412. The summed E-state index contributed by atoms with van der Waals surface area (Å²) in [5.74, 6) is -0.184. The molecule has 3 aromatic carbocycles. The lowest BCUT2D eigenvalue weighted by Gasteiger charge is -2.09. The molecule has 0 bridgehead atoms. The van der Waals surface area contributed by atoms with Gasteiger partial charge in [-0.3, -0.25) is 4.79 Å². The van der Waals surface area contributed by atoms with E-state index in [0.717, 1.165) is 15.2 Å². The molecule has 98 valence electrons. The van der Waals surface area contributed by atoms with Crippen molar-refractivity contribution in [1.29, 1.82) is 0 Å².